The molecule has 5 rings (SSSR count). The zero-order chi connectivity index (χ0) is 27.2. The summed E-state index contributed by atoms with van der Waals surface area (Å²) in [6.07, 6.45) is 0. The minimum absolute atomic E-state index is 0.0486. The van der Waals surface area contributed by atoms with Crippen molar-refractivity contribution in [3.05, 3.63) is 95.6 Å². The molecular weight excluding hydrogens is 496 g/mol. The Morgan fingerprint density at radius 1 is 0.897 bits per heavy atom. The third-order valence-corrected chi connectivity index (χ3v) is 6.87. The molecule has 2 heterocycles. The monoisotopic (exact) mass is 528 g/mol. The Balaban J connectivity index is 1.54. The minimum Gasteiger partial charge on any atom is -0.507 e. The van der Waals surface area contributed by atoms with Gasteiger partial charge in [0, 0.05) is 31.7 Å². The van der Waals surface area contributed by atoms with E-state index in [9.17, 15) is 14.7 Å². The Bertz CT molecular complexity index is 1350. The number of Topliss-reactive ketones (excluding diaryl/α,β-unsaturated/α-hetero) is 1. The van der Waals surface area contributed by atoms with Gasteiger partial charge in [-0.05, 0) is 48.9 Å². The van der Waals surface area contributed by atoms with Gasteiger partial charge in [-0.15, -0.1) is 0 Å². The molecule has 2 aliphatic heterocycles. The Hall–Kier alpha value is -4.14. The second-order valence-electron chi connectivity index (χ2n) is 9.39. The predicted molar refractivity (Wildman–Crippen MR) is 147 cm³/mol. The quantitative estimate of drug-likeness (QED) is 0.246. The molecule has 1 amide bonds. The largest absolute Gasteiger partial charge is 0.507 e. The Kier molecular flexibility index (Phi) is 8.24. The first-order valence-electron chi connectivity index (χ1n) is 13.2. The number of morpholine rings is 1. The van der Waals surface area contributed by atoms with Crippen molar-refractivity contribution < 1.29 is 28.9 Å². The number of likely N-dealkylation sites (tertiary alicyclic amines) is 1. The molecule has 1 N–H and O–H groups in total. The van der Waals surface area contributed by atoms with Gasteiger partial charge >= 0.3 is 0 Å². The summed E-state index contributed by atoms with van der Waals surface area (Å²) in [7, 11) is 0. The predicted octanol–water partition coefficient (Wildman–Crippen LogP) is 4.63. The molecule has 1 atom stereocenters. The van der Waals surface area contributed by atoms with Gasteiger partial charge in [-0.2, -0.15) is 0 Å². The number of ketones is 1. The van der Waals surface area contributed by atoms with Gasteiger partial charge in [0.05, 0.1) is 31.4 Å². The average Bonchev–Trinajstić information content (AvgIpc) is 3.22. The maximum Gasteiger partial charge on any atom is 0.295 e. The lowest BCUT2D eigenvalue weighted by Crippen LogP contribution is -2.42. The molecule has 202 valence electrons. The number of rotatable bonds is 9. The fourth-order valence-corrected chi connectivity index (χ4v) is 4.96. The molecule has 8 heteroatoms. The van der Waals surface area contributed by atoms with E-state index in [0.29, 0.717) is 61.3 Å². The van der Waals surface area contributed by atoms with E-state index in [1.165, 1.54) is 0 Å². The molecule has 0 aromatic heterocycles. The maximum atomic E-state index is 13.4. The van der Waals surface area contributed by atoms with Crippen LogP contribution in [0.15, 0.2) is 84.4 Å². The Morgan fingerprint density at radius 3 is 2.38 bits per heavy atom. The van der Waals surface area contributed by atoms with E-state index >= 15 is 0 Å². The smallest absolute Gasteiger partial charge is 0.295 e. The van der Waals surface area contributed by atoms with E-state index in [1.807, 2.05) is 61.5 Å². The standard InChI is InChI=1S/C31H32N2O6/c1-2-38-25-12-7-9-23(21-25)29(34)27-28(22-8-6-13-26(20-22)39-24-10-4-3-5-11-24)33(31(36)30(27)35)15-14-32-16-18-37-19-17-32/h3-13,20-21,28,34H,2,14-19H2,1H3. The van der Waals surface area contributed by atoms with Crippen LogP contribution in [-0.2, 0) is 14.3 Å². The van der Waals surface area contributed by atoms with Crippen molar-refractivity contribution in [3.8, 4) is 17.2 Å². The number of carbonyl (C=O) groups is 2. The number of para-hydroxylation sites is 1. The van der Waals surface area contributed by atoms with Crippen LogP contribution in [0.4, 0.5) is 0 Å². The highest BCUT2D eigenvalue weighted by Crippen LogP contribution is 2.41. The lowest BCUT2D eigenvalue weighted by molar-refractivity contribution is -0.140. The molecule has 3 aromatic carbocycles. The van der Waals surface area contributed by atoms with E-state index in [4.69, 9.17) is 14.2 Å². The van der Waals surface area contributed by atoms with Crippen molar-refractivity contribution in [3.63, 3.8) is 0 Å². The van der Waals surface area contributed by atoms with Crippen LogP contribution in [0.3, 0.4) is 0 Å². The van der Waals surface area contributed by atoms with Gasteiger partial charge in [0.2, 0.25) is 0 Å². The number of benzene rings is 3. The highest BCUT2D eigenvalue weighted by atomic mass is 16.5. The third kappa shape index (κ3) is 5.97. The van der Waals surface area contributed by atoms with Crippen molar-refractivity contribution in [1.29, 1.82) is 0 Å². The first kappa shape index (κ1) is 26.5. The van der Waals surface area contributed by atoms with Crippen molar-refractivity contribution in [2.24, 2.45) is 0 Å². The number of hydrogen-bond acceptors (Lipinski definition) is 7. The SMILES string of the molecule is CCOc1cccc(C(O)=C2C(=O)C(=O)N(CCN3CCOCC3)C2c2cccc(Oc3ccccc3)c2)c1. The lowest BCUT2D eigenvalue weighted by Gasteiger charge is -2.31. The van der Waals surface area contributed by atoms with E-state index in [2.05, 4.69) is 4.90 Å². The summed E-state index contributed by atoms with van der Waals surface area (Å²) in [5, 5.41) is 11.4. The summed E-state index contributed by atoms with van der Waals surface area (Å²) >= 11 is 0. The summed E-state index contributed by atoms with van der Waals surface area (Å²) < 4.78 is 17.1. The van der Waals surface area contributed by atoms with Crippen LogP contribution in [0.25, 0.3) is 5.76 Å². The molecule has 0 radical (unpaired) electrons. The average molecular weight is 529 g/mol. The molecule has 0 saturated carbocycles. The van der Waals surface area contributed by atoms with Gasteiger partial charge in [-0.1, -0.05) is 42.5 Å². The van der Waals surface area contributed by atoms with Crippen molar-refractivity contribution >= 4 is 17.4 Å². The van der Waals surface area contributed by atoms with Crippen LogP contribution in [0.1, 0.15) is 24.1 Å². The number of amides is 1. The van der Waals surface area contributed by atoms with E-state index < -0.39 is 17.7 Å². The van der Waals surface area contributed by atoms with Crippen LogP contribution >= 0.6 is 0 Å². The van der Waals surface area contributed by atoms with Crippen LogP contribution in [0.2, 0.25) is 0 Å². The molecule has 0 spiro atoms. The van der Waals surface area contributed by atoms with Crippen LogP contribution in [0.5, 0.6) is 17.2 Å². The molecule has 2 fully saturated rings. The number of aliphatic hydroxyl groups is 1. The summed E-state index contributed by atoms with van der Waals surface area (Å²) in [5.41, 5.74) is 1.13. The Labute approximate surface area is 228 Å². The molecule has 2 aliphatic rings. The van der Waals surface area contributed by atoms with Gasteiger partial charge in [0.1, 0.15) is 23.0 Å². The zero-order valence-corrected chi connectivity index (χ0v) is 21.9. The van der Waals surface area contributed by atoms with Crippen molar-refractivity contribution in [2.45, 2.75) is 13.0 Å². The number of hydrogen-bond donors (Lipinski definition) is 1. The lowest BCUT2D eigenvalue weighted by atomic mass is 9.95. The van der Waals surface area contributed by atoms with Crippen LogP contribution in [-0.4, -0.2) is 72.6 Å². The summed E-state index contributed by atoms with van der Waals surface area (Å²) in [6.45, 7) is 6.05. The van der Waals surface area contributed by atoms with E-state index in [0.717, 1.165) is 13.1 Å². The second kappa shape index (κ2) is 12.1. The fraction of sp³-hybridized carbons (Fsp3) is 0.290. The maximum absolute atomic E-state index is 13.4. The molecule has 0 aliphatic carbocycles. The molecule has 8 nitrogen and oxygen atoms in total. The molecule has 0 bridgehead atoms. The van der Waals surface area contributed by atoms with E-state index in [1.54, 1.807) is 29.2 Å². The third-order valence-electron chi connectivity index (χ3n) is 6.87. The topological polar surface area (TPSA) is 88.5 Å². The fourth-order valence-electron chi connectivity index (χ4n) is 4.96. The zero-order valence-electron chi connectivity index (χ0n) is 21.9. The number of aliphatic hydroxyl groups excluding tert-OH is 1. The first-order chi connectivity index (χ1) is 19.0. The molecule has 2 saturated heterocycles. The summed E-state index contributed by atoms with van der Waals surface area (Å²) in [6, 6.07) is 22.8. The van der Waals surface area contributed by atoms with Crippen molar-refractivity contribution in [1.82, 2.24) is 9.80 Å². The van der Waals surface area contributed by atoms with Gasteiger partial charge in [-0.3, -0.25) is 14.5 Å². The summed E-state index contributed by atoms with van der Waals surface area (Å²) in [4.78, 5) is 30.6. The van der Waals surface area contributed by atoms with Crippen LogP contribution in [0, 0.1) is 0 Å². The van der Waals surface area contributed by atoms with Gasteiger partial charge in [0.15, 0.2) is 0 Å². The Morgan fingerprint density at radius 2 is 1.62 bits per heavy atom. The molecular formula is C31H32N2O6. The first-order valence-corrected chi connectivity index (χ1v) is 13.2. The highest BCUT2D eigenvalue weighted by Gasteiger charge is 2.46. The normalized spacial score (nSPS) is 19.3. The van der Waals surface area contributed by atoms with E-state index in [-0.39, 0.29) is 11.3 Å². The highest BCUT2D eigenvalue weighted by molar-refractivity contribution is 6.46. The molecule has 39 heavy (non-hydrogen) atoms. The van der Waals surface area contributed by atoms with Crippen LogP contribution < -0.4 is 9.47 Å². The molecule has 3 aromatic rings. The van der Waals surface area contributed by atoms with Crippen molar-refractivity contribution in [2.75, 3.05) is 46.0 Å². The molecule has 1 unspecified atom stereocenters. The second-order valence-corrected chi connectivity index (χ2v) is 9.39. The minimum atomic E-state index is -0.777. The number of carbonyl (C=O) groups excluding carboxylic acids is 2. The van der Waals surface area contributed by atoms with Gasteiger partial charge < -0.3 is 24.2 Å². The number of ether oxygens (including phenoxy) is 3. The number of nitrogens with zero attached hydrogens (tertiary/aromatic N) is 2. The van der Waals surface area contributed by atoms with Gasteiger partial charge in [-0.25, -0.2) is 0 Å². The van der Waals surface area contributed by atoms with Gasteiger partial charge in [0.25, 0.3) is 11.7 Å². The summed E-state index contributed by atoms with van der Waals surface area (Å²) in [5.74, 6) is 0.224.